The van der Waals surface area contributed by atoms with Gasteiger partial charge in [-0.15, -0.1) is 0 Å². The maximum absolute atomic E-state index is 2.30. The fraction of sp³-hybridized carbons (Fsp3) is 0.118. The first-order chi connectivity index (χ1) is 9.74. The molecule has 0 N–H and O–H groups in total. The van der Waals surface area contributed by atoms with Crippen molar-refractivity contribution in [3.05, 3.63) is 60.4 Å². The van der Waals surface area contributed by atoms with Gasteiger partial charge in [-0.3, -0.25) is 0 Å². The highest BCUT2D eigenvalue weighted by Crippen LogP contribution is 2.27. The van der Waals surface area contributed by atoms with E-state index in [-0.39, 0.29) is 0 Å². The Morgan fingerprint density at radius 1 is 1.05 bits per heavy atom. The van der Waals surface area contributed by atoms with Gasteiger partial charge in [0.2, 0.25) is 6.33 Å². The van der Waals surface area contributed by atoms with E-state index in [9.17, 15) is 0 Å². The summed E-state index contributed by atoms with van der Waals surface area (Å²) in [7, 11) is 2.10. The molecule has 2 heterocycles. The Morgan fingerprint density at radius 3 is 2.75 bits per heavy atom. The smallest absolute Gasteiger partial charge is 0.232 e. The Hall–Kier alpha value is -2.13. The van der Waals surface area contributed by atoms with Crippen LogP contribution in [0.15, 0.2) is 54.9 Å². The number of aryl methyl sites for hydroxylation is 2. The first kappa shape index (κ1) is 11.7. The summed E-state index contributed by atoms with van der Waals surface area (Å²) in [5.41, 5.74) is 3.87. The van der Waals surface area contributed by atoms with Crippen LogP contribution in [-0.4, -0.2) is 4.57 Å². The number of hydrogen-bond donors (Lipinski definition) is 0. The molecule has 0 fully saturated rings. The lowest BCUT2D eigenvalue weighted by Gasteiger charge is -1.95. The summed E-state index contributed by atoms with van der Waals surface area (Å²) in [5.74, 6) is 0. The van der Waals surface area contributed by atoms with Gasteiger partial charge >= 0.3 is 0 Å². The molecule has 4 rings (SSSR count). The molecular formula is C17H15N2S+. The van der Waals surface area contributed by atoms with Crippen LogP contribution in [0.1, 0.15) is 5.56 Å². The molecule has 0 aliphatic carbocycles. The summed E-state index contributed by atoms with van der Waals surface area (Å²) in [4.78, 5) is 0. The van der Waals surface area contributed by atoms with E-state index < -0.39 is 0 Å². The van der Waals surface area contributed by atoms with Gasteiger partial charge in [0.15, 0.2) is 16.0 Å². The molecule has 0 unspecified atom stereocenters. The van der Waals surface area contributed by atoms with E-state index in [0.717, 1.165) is 0 Å². The summed E-state index contributed by atoms with van der Waals surface area (Å²) in [6.07, 6.45) is 2.17. The van der Waals surface area contributed by atoms with Crippen molar-refractivity contribution >= 4 is 32.5 Å². The van der Waals surface area contributed by atoms with Crippen LogP contribution in [0.5, 0.6) is 0 Å². The highest BCUT2D eigenvalue weighted by molar-refractivity contribution is 7.20. The number of imidazole rings is 1. The number of fused-ring (bicyclic) bond motifs is 2. The fourth-order valence-corrected chi connectivity index (χ4v) is 3.83. The molecule has 2 nitrogen and oxygen atoms in total. The van der Waals surface area contributed by atoms with Gasteiger partial charge < -0.3 is 0 Å². The molecule has 0 saturated carbocycles. The highest BCUT2D eigenvalue weighted by Gasteiger charge is 2.18. The average molecular weight is 279 g/mol. The largest absolute Gasteiger partial charge is 0.250 e. The Bertz CT molecular complexity index is 898. The SMILES string of the molecule is Cc1cccc2c1[n+](-c1cc3ccccc3s1)cn2C. The van der Waals surface area contributed by atoms with E-state index in [0.29, 0.717) is 0 Å². The second-order valence-corrected chi connectivity index (χ2v) is 6.22. The minimum Gasteiger partial charge on any atom is -0.232 e. The highest BCUT2D eigenvalue weighted by atomic mass is 32.1. The van der Waals surface area contributed by atoms with Crippen LogP contribution in [0.2, 0.25) is 0 Å². The maximum atomic E-state index is 2.30. The second kappa shape index (κ2) is 4.18. The molecule has 0 spiro atoms. The predicted molar refractivity (Wildman–Crippen MR) is 84.6 cm³/mol. The number of para-hydroxylation sites is 1. The zero-order valence-electron chi connectivity index (χ0n) is 11.5. The number of aromatic nitrogens is 2. The minimum absolute atomic E-state index is 1.27. The molecule has 20 heavy (non-hydrogen) atoms. The van der Waals surface area contributed by atoms with Crippen LogP contribution in [0.25, 0.3) is 26.1 Å². The molecule has 2 aromatic heterocycles. The third-order valence-corrected chi connectivity index (χ3v) is 4.89. The molecule has 0 aliphatic rings. The van der Waals surface area contributed by atoms with Gasteiger partial charge in [-0.2, -0.15) is 4.57 Å². The number of thiophene rings is 1. The van der Waals surface area contributed by atoms with Crippen LogP contribution >= 0.6 is 11.3 Å². The van der Waals surface area contributed by atoms with Crippen LogP contribution in [0.3, 0.4) is 0 Å². The van der Waals surface area contributed by atoms with E-state index in [4.69, 9.17) is 0 Å². The quantitative estimate of drug-likeness (QED) is 0.466. The Morgan fingerprint density at radius 2 is 1.90 bits per heavy atom. The van der Waals surface area contributed by atoms with Crippen LogP contribution in [0.4, 0.5) is 0 Å². The van der Waals surface area contributed by atoms with Gasteiger partial charge in [0, 0.05) is 16.3 Å². The number of nitrogens with zero attached hydrogens (tertiary/aromatic N) is 2. The molecule has 0 bridgehead atoms. The van der Waals surface area contributed by atoms with Gasteiger partial charge in [-0.1, -0.05) is 41.7 Å². The third kappa shape index (κ3) is 1.60. The van der Waals surface area contributed by atoms with Gasteiger partial charge in [0.25, 0.3) is 0 Å². The topological polar surface area (TPSA) is 8.81 Å². The summed E-state index contributed by atoms with van der Waals surface area (Å²) in [6, 6.07) is 17.3. The lowest BCUT2D eigenvalue weighted by molar-refractivity contribution is -0.564. The fourth-order valence-electron chi connectivity index (χ4n) is 2.79. The second-order valence-electron chi connectivity index (χ2n) is 5.16. The van der Waals surface area contributed by atoms with E-state index in [2.05, 4.69) is 78.0 Å². The van der Waals surface area contributed by atoms with Crippen molar-refractivity contribution in [1.29, 1.82) is 0 Å². The van der Waals surface area contributed by atoms with Crippen molar-refractivity contribution in [1.82, 2.24) is 4.57 Å². The lowest BCUT2D eigenvalue weighted by atomic mass is 10.2. The molecule has 0 atom stereocenters. The standard InChI is InChI=1S/C17H15N2S/c1-12-6-5-8-14-17(12)19(11-18(14)2)16-10-13-7-3-4-9-15(13)20-16/h3-11H,1-2H3/q+1. The first-order valence-corrected chi connectivity index (χ1v) is 7.51. The van der Waals surface area contributed by atoms with Crippen molar-refractivity contribution in [2.75, 3.05) is 0 Å². The summed E-state index contributed by atoms with van der Waals surface area (Å²) < 4.78 is 5.82. The average Bonchev–Trinajstić information content (AvgIpc) is 3.01. The number of benzene rings is 2. The summed E-state index contributed by atoms with van der Waals surface area (Å²) in [5, 5.41) is 2.58. The minimum atomic E-state index is 1.27. The van der Waals surface area contributed by atoms with Crippen molar-refractivity contribution in [2.45, 2.75) is 6.92 Å². The van der Waals surface area contributed by atoms with Crippen LogP contribution in [0, 0.1) is 6.92 Å². The summed E-state index contributed by atoms with van der Waals surface area (Å²) in [6.45, 7) is 2.17. The van der Waals surface area contributed by atoms with Crippen molar-refractivity contribution in [3.63, 3.8) is 0 Å². The molecule has 3 heteroatoms. The summed E-state index contributed by atoms with van der Waals surface area (Å²) >= 11 is 1.84. The lowest BCUT2D eigenvalue weighted by Crippen LogP contribution is -2.27. The van der Waals surface area contributed by atoms with Crippen molar-refractivity contribution in [2.24, 2.45) is 7.05 Å². The van der Waals surface area contributed by atoms with Crippen LogP contribution < -0.4 is 4.57 Å². The molecule has 0 aliphatic heterocycles. The Labute approximate surface area is 121 Å². The molecule has 98 valence electrons. The zero-order valence-corrected chi connectivity index (χ0v) is 12.3. The van der Waals surface area contributed by atoms with Gasteiger partial charge in [0.05, 0.1) is 7.05 Å². The molecule has 0 amide bonds. The van der Waals surface area contributed by atoms with E-state index >= 15 is 0 Å². The first-order valence-electron chi connectivity index (χ1n) is 6.69. The molecular weight excluding hydrogens is 264 g/mol. The zero-order chi connectivity index (χ0) is 13.7. The predicted octanol–water partition coefficient (Wildman–Crippen LogP) is 3.98. The van der Waals surface area contributed by atoms with Crippen molar-refractivity contribution in [3.8, 4) is 5.00 Å². The third-order valence-electron chi connectivity index (χ3n) is 3.78. The Balaban J connectivity index is 2.07. The number of rotatable bonds is 1. The monoisotopic (exact) mass is 279 g/mol. The van der Waals surface area contributed by atoms with Gasteiger partial charge in [-0.25, -0.2) is 4.57 Å². The maximum Gasteiger partial charge on any atom is 0.250 e. The molecule has 0 saturated heterocycles. The van der Waals surface area contributed by atoms with E-state index in [1.165, 1.54) is 31.7 Å². The van der Waals surface area contributed by atoms with Gasteiger partial charge in [-0.05, 0) is 24.4 Å². The number of hydrogen-bond acceptors (Lipinski definition) is 1. The van der Waals surface area contributed by atoms with Crippen molar-refractivity contribution < 1.29 is 4.57 Å². The Kier molecular flexibility index (Phi) is 2.44. The van der Waals surface area contributed by atoms with E-state index in [1.807, 2.05) is 11.3 Å². The molecule has 4 aromatic rings. The molecule has 0 radical (unpaired) electrons. The van der Waals surface area contributed by atoms with Crippen LogP contribution in [-0.2, 0) is 7.05 Å². The van der Waals surface area contributed by atoms with Gasteiger partial charge in [0.1, 0.15) is 0 Å². The normalized spacial score (nSPS) is 11.5. The molecule has 2 aromatic carbocycles. The van der Waals surface area contributed by atoms with E-state index in [1.54, 1.807) is 0 Å².